The van der Waals surface area contributed by atoms with Crippen molar-refractivity contribution < 1.29 is 27.4 Å². The summed E-state index contributed by atoms with van der Waals surface area (Å²) in [4.78, 5) is 11.0. The van der Waals surface area contributed by atoms with Crippen molar-refractivity contribution in [2.45, 2.75) is 12.0 Å². The predicted octanol–water partition coefficient (Wildman–Crippen LogP) is 2.25. The Morgan fingerprint density at radius 2 is 2.22 bits per heavy atom. The van der Waals surface area contributed by atoms with Gasteiger partial charge < -0.3 is 14.8 Å². The maximum Gasteiger partial charge on any atom is 0.408 e. The Labute approximate surface area is 101 Å². The molecule has 7 heteroatoms. The Kier molecular flexibility index (Phi) is 3.06. The van der Waals surface area contributed by atoms with Crippen molar-refractivity contribution in [2.75, 3.05) is 13.7 Å². The lowest BCUT2D eigenvalue weighted by atomic mass is 9.99. The van der Waals surface area contributed by atoms with E-state index in [2.05, 4.69) is 4.74 Å². The zero-order valence-electron chi connectivity index (χ0n) is 9.38. The van der Waals surface area contributed by atoms with Crippen molar-refractivity contribution in [3.63, 3.8) is 0 Å². The molecule has 1 aromatic carbocycles. The number of carbonyl (C=O) groups excluding carboxylic acids is 1. The minimum absolute atomic E-state index is 0.225. The van der Waals surface area contributed by atoms with Gasteiger partial charge in [0.05, 0.1) is 7.11 Å². The lowest BCUT2D eigenvalue weighted by Gasteiger charge is -2.32. The van der Waals surface area contributed by atoms with Gasteiger partial charge in [-0.05, 0) is 18.2 Å². The lowest BCUT2D eigenvalue weighted by Crippen LogP contribution is -2.49. The van der Waals surface area contributed by atoms with Gasteiger partial charge in [0, 0.05) is 5.56 Å². The van der Waals surface area contributed by atoms with Gasteiger partial charge in [-0.3, -0.25) is 0 Å². The quantitative estimate of drug-likeness (QED) is 0.888. The number of nitrogens with one attached hydrogen (secondary N) is 1. The van der Waals surface area contributed by atoms with Gasteiger partial charge in [0.15, 0.2) is 6.61 Å². The lowest BCUT2D eigenvalue weighted by molar-refractivity contribution is -0.105. The highest BCUT2D eigenvalue weighted by molar-refractivity contribution is 5.69. The number of alkyl carbamates (subject to hydrolysis) is 1. The number of amides is 1. The first kappa shape index (κ1) is 12.5. The number of halogens is 3. The second-order valence-corrected chi connectivity index (χ2v) is 3.80. The molecule has 0 radical (unpaired) electrons. The molecule has 1 amide bonds. The SMILES string of the molecule is COc1ccc(F)c([C@@H]2NC(=O)OCC2(F)F)c1. The number of ether oxygens (including phenoxy) is 2. The highest BCUT2D eigenvalue weighted by atomic mass is 19.3. The van der Waals surface area contributed by atoms with Gasteiger partial charge in [0.2, 0.25) is 0 Å². The normalized spacial score (nSPS) is 22.0. The number of benzene rings is 1. The fraction of sp³-hybridized carbons (Fsp3) is 0.364. The summed E-state index contributed by atoms with van der Waals surface area (Å²) < 4.78 is 49.8. The third-order valence-corrected chi connectivity index (χ3v) is 2.59. The second kappa shape index (κ2) is 4.40. The Morgan fingerprint density at radius 3 is 2.89 bits per heavy atom. The first-order valence-corrected chi connectivity index (χ1v) is 5.08. The van der Waals surface area contributed by atoms with E-state index >= 15 is 0 Å². The molecular weight excluding hydrogens is 251 g/mol. The minimum atomic E-state index is -3.39. The molecule has 0 aliphatic carbocycles. The molecule has 1 N–H and O–H groups in total. The molecule has 18 heavy (non-hydrogen) atoms. The molecule has 4 nitrogen and oxygen atoms in total. The van der Waals surface area contributed by atoms with Crippen molar-refractivity contribution in [1.29, 1.82) is 0 Å². The molecule has 0 bridgehead atoms. The van der Waals surface area contributed by atoms with Gasteiger partial charge in [0.1, 0.15) is 17.6 Å². The van der Waals surface area contributed by atoms with Crippen LogP contribution < -0.4 is 10.1 Å². The molecule has 1 aliphatic rings. The summed E-state index contributed by atoms with van der Waals surface area (Å²) in [5.74, 6) is -4.01. The van der Waals surface area contributed by atoms with E-state index in [0.717, 1.165) is 12.1 Å². The molecule has 2 rings (SSSR count). The number of hydrogen-bond acceptors (Lipinski definition) is 3. The highest BCUT2D eigenvalue weighted by Crippen LogP contribution is 2.36. The third-order valence-electron chi connectivity index (χ3n) is 2.59. The monoisotopic (exact) mass is 261 g/mol. The van der Waals surface area contributed by atoms with E-state index in [-0.39, 0.29) is 11.3 Å². The van der Waals surface area contributed by atoms with Gasteiger partial charge in [-0.15, -0.1) is 0 Å². The predicted molar refractivity (Wildman–Crippen MR) is 55.1 cm³/mol. The molecule has 98 valence electrons. The van der Waals surface area contributed by atoms with Crippen LogP contribution in [-0.2, 0) is 4.74 Å². The summed E-state index contributed by atoms with van der Waals surface area (Å²) in [6.45, 7) is -1.08. The summed E-state index contributed by atoms with van der Waals surface area (Å²) in [6.07, 6.45) is -1.01. The van der Waals surface area contributed by atoms with E-state index in [1.54, 1.807) is 0 Å². The van der Waals surface area contributed by atoms with Gasteiger partial charge in [0.25, 0.3) is 0 Å². The zero-order valence-corrected chi connectivity index (χ0v) is 9.38. The Bertz CT molecular complexity index is 479. The number of cyclic esters (lactones) is 1. The fourth-order valence-corrected chi connectivity index (χ4v) is 1.69. The maximum atomic E-state index is 13.6. The number of rotatable bonds is 2. The number of alkyl halides is 2. The smallest absolute Gasteiger partial charge is 0.408 e. The molecule has 1 atom stereocenters. The van der Waals surface area contributed by atoms with Gasteiger partial charge in [-0.25, -0.2) is 18.0 Å². The van der Waals surface area contributed by atoms with E-state index in [4.69, 9.17) is 4.74 Å². The second-order valence-electron chi connectivity index (χ2n) is 3.80. The van der Waals surface area contributed by atoms with E-state index in [9.17, 15) is 18.0 Å². The fourth-order valence-electron chi connectivity index (χ4n) is 1.69. The Hall–Kier alpha value is -1.92. The van der Waals surface area contributed by atoms with Crippen LogP contribution in [0.1, 0.15) is 11.6 Å². The Balaban J connectivity index is 2.42. The summed E-state index contributed by atoms with van der Waals surface area (Å²) in [5.41, 5.74) is -0.337. The maximum absolute atomic E-state index is 13.6. The first-order chi connectivity index (χ1) is 8.44. The van der Waals surface area contributed by atoms with E-state index in [0.29, 0.717) is 0 Å². The summed E-state index contributed by atoms with van der Waals surface area (Å²) in [5, 5.41) is 1.91. The average Bonchev–Trinajstić information content (AvgIpc) is 2.33. The van der Waals surface area contributed by atoms with Crippen LogP contribution in [0.25, 0.3) is 0 Å². The van der Waals surface area contributed by atoms with Crippen LogP contribution in [0.5, 0.6) is 5.75 Å². The average molecular weight is 261 g/mol. The van der Waals surface area contributed by atoms with Crippen LogP contribution >= 0.6 is 0 Å². The molecule has 0 spiro atoms. The molecule has 1 fully saturated rings. The van der Waals surface area contributed by atoms with Crippen molar-refractivity contribution in [2.24, 2.45) is 0 Å². The molecular formula is C11H10F3NO3. The third kappa shape index (κ3) is 2.20. The highest BCUT2D eigenvalue weighted by Gasteiger charge is 2.47. The molecule has 1 aliphatic heterocycles. The van der Waals surface area contributed by atoms with Crippen molar-refractivity contribution in [3.8, 4) is 5.75 Å². The number of hydrogen-bond donors (Lipinski definition) is 1. The van der Waals surface area contributed by atoms with Crippen molar-refractivity contribution >= 4 is 6.09 Å². The Morgan fingerprint density at radius 1 is 1.50 bits per heavy atom. The number of carbonyl (C=O) groups is 1. The van der Waals surface area contributed by atoms with Crippen molar-refractivity contribution in [3.05, 3.63) is 29.6 Å². The van der Waals surface area contributed by atoms with Crippen LogP contribution in [0.15, 0.2) is 18.2 Å². The summed E-state index contributed by atoms with van der Waals surface area (Å²) >= 11 is 0. The van der Waals surface area contributed by atoms with E-state index in [1.165, 1.54) is 13.2 Å². The summed E-state index contributed by atoms with van der Waals surface area (Å²) in [7, 11) is 1.33. The van der Waals surface area contributed by atoms with Crippen LogP contribution in [0.2, 0.25) is 0 Å². The topological polar surface area (TPSA) is 47.6 Å². The molecule has 1 heterocycles. The molecule has 0 aromatic heterocycles. The van der Waals surface area contributed by atoms with Crippen LogP contribution in [0.4, 0.5) is 18.0 Å². The van der Waals surface area contributed by atoms with E-state index < -0.39 is 30.5 Å². The van der Waals surface area contributed by atoms with Crippen LogP contribution in [0, 0.1) is 5.82 Å². The van der Waals surface area contributed by atoms with Gasteiger partial charge in [-0.2, -0.15) is 0 Å². The standard InChI is InChI=1S/C11H10F3NO3/c1-17-6-2-3-8(12)7(4-6)9-11(13,14)5-18-10(16)15-9/h2-4,9H,5H2,1H3,(H,15,16)/t9-/m0/s1. The largest absolute Gasteiger partial charge is 0.497 e. The molecule has 1 saturated heterocycles. The molecule has 0 saturated carbocycles. The van der Waals surface area contributed by atoms with Crippen LogP contribution in [-0.4, -0.2) is 25.7 Å². The zero-order chi connectivity index (χ0) is 13.3. The summed E-state index contributed by atoms with van der Waals surface area (Å²) in [6, 6.07) is 1.66. The number of methoxy groups -OCH3 is 1. The van der Waals surface area contributed by atoms with Gasteiger partial charge in [-0.1, -0.05) is 0 Å². The molecule has 0 unspecified atom stereocenters. The molecule has 1 aromatic rings. The van der Waals surface area contributed by atoms with Gasteiger partial charge >= 0.3 is 12.0 Å². The minimum Gasteiger partial charge on any atom is -0.497 e. The van der Waals surface area contributed by atoms with Crippen molar-refractivity contribution in [1.82, 2.24) is 5.32 Å². The van der Waals surface area contributed by atoms with E-state index in [1.807, 2.05) is 5.32 Å². The first-order valence-electron chi connectivity index (χ1n) is 5.08. The van der Waals surface area contributed by atoms with Crippen LogP contribution in [0.3, 0.4) is 0 Å².